The molecule has 11 heteroatoms. The number of halogens is 2. The maximum Gasteiger partial charge on any atom is 0.337 e. The van der Waals surface area contributed by atoms with Crippen molar-refractivity contribution in [1.29, 1.82) is 0 Å². The summed E-state index contributed by atoms with van der Waals surface area (Å²) >= 11 is 12.1. The second kappa shape index (κ2) is 10.4. The molecule has 0 saturated carbocycles. The molecule has 0 fully saturated rings. The smallest absolute Gasteiger partial charge is 0.337 e. The first-order chi connectivity index (χ1) is 16.4. The van der Waals surface area contributed by atoms with Crippen LogP contribution >= 0.6 is 23.2 Å². The van der Waals surface area contributed by atoms with Crippen molar-refractivity contribution in [3.05, 3.63) is 93.6 Å². The molecule has 0 saturated heterocycles. The van der Waals surface area contributed by atoms with Crippen molar-refractivity contribution in [2.75, 3.05) is 12.4 Å². The van der Waals surface area contributed by atoms with E-state index in [1.165, 1.54) is 24.2 Å². The number of aromatic nitrogens is 3. The summed E-state index contributed by atoms with van der Waals surface area (Å²) in [6.07, 6.45) is 1.48. The highest BCUT2D eigenvalue weighted by Crippen LogP contribution is 2.22. The molecule has 34 heavy (non-hydrogen) atoms. The lowest BCUT2D eigenvalue weighted by Crippen LogP contribution is -2.12. The number of furan rings is 1. The Hall–Kier alpha value is -3.82. The number of ether oxygens (including phenoxy) is 2. The van der Waals surface area contributed by atoms with Gasteiger partial charge in [-0.05, 0) is 54.1 Å². The number of methoxy groups -OCH3 is 1. The Morgan fingerprint density at radius 2 is 1.88 bits per heavy atom. The van der Waals surface area contributed by atoms with Crippen LogP contribution in [0.3, 0.4) is 0 Å². The van der Waals surface area contributed by atoms with Crippen molar-refractivity contribution in [3.8, 4) is 5.75 Å². The van der Waals surface area contributed by atoms with Gasteiger partial charge in [0.15, 0.2) is 5.76 Å². The Bertz CT molecular complexity index is 1320. The molecule has 174 valence electrons. The van der Waals surface area contributed by atoms with E-state index in [1.54, 1.807) is 48.5 Å². The standard InChI is InChI=1S/C23H18Cl2N4O5/c1-32-22(31)14-3-6-17(7-4-14)33-12-18-8-9-20(34-18)21(30)27-23-26-13-29(28-23)11-15-2-5-16(24)10-19(15)25/h2-10,13H,11-12H2,1H3,(H,27,28,30). The summed E-state index contributed by atoms with van der Waals surface area (Å²) in [4.78, 5) is 28.0. The molecule has 0 aliphatic rings. The van der Waals surface area contributed by atoms with Gasteiger partial charge in [0.05, 0.1) is 19.2 Å². The Balaban J connectivity index is 1.31. The monoisotopic (exact) mass is 500 g/mol. The first kappa shape index (κ1) is 23.3. The van der Waals surface area contributed by atoms with Crippen LogP contribution in [0, 0.1) is 0 Å². The summed E-state index contributed by atoms with van der Waals surface area (Å²) in [7, 11) is 1.32. The molecule has 4 rings (SSSR count). The van der Waals surface area contributed by atoms with E-state index < -0.39 is 11.9 Å². The number of nitrogens with one attached hydrogen (secondary N) is 1. The van der Waals surface area contributed by atoms with Crippen LogP contribution in [0.4, 0.5) is 5.95 Å². The minimum atomic E-state index is -0.504. The van der Waals surface area contributed by atoms with E-state index in [-0.39, 0.29) is 18.3 Å². The fraction of sp³-hybridized carbons (Fsp3) is 0.130. The van der Waals surface area contributed by atoms with Gasteiger partial charge in [0.25, 0.3) is 5.91 Å². The van der Waals surface area contributed by atoms with Crippen molar-refractivity contribution in [2.24, 2.45) is 0 Å². The van der Waals surface area contributed by atoms with Crippen LogP contribution in [0.15, 0.2) is 65.3 Å². The number of nitrogens with zero attached hydrogens (tertiary/aromatic N) is 3. The molecule has 9 nitrogen and oxygen atoms in total. The molecule has 0 unspecified atom stereocenters. The average Bonchev–Trinajstić information content (AvgIpc) is 3.49. The van der Waals surface area contributed by atoms with Gasteiger partial charge in [0.1, 0.15) is 24.4 Å². The topological polar surface area (TPSA) is 108 Å². The summed E-state index contributed by atoms with van der Waals surface area (Å²) < 4.78 is 17.4. The van der Waals surface area contributed by atoms with E-state index in [9.17, 15) is 9.59 Å². The molecule has 1 N–H and O–H groups in total. The van der Waals surface area contributed by atoms with Gasteiger partial charge >= 0.3 is 5.97 Å². The zero-order valence-corrected chi connectivity index (χ0v) is 19.3. The Labute approximate surface area is 204 Å². The molecule has 2 heterocycles. The predicted octanol–water partition coefficient (Wildman–Crippen LogP) is 4.84. The lowest BCUT2D eigenvalue weighted by molar-refractivity contribution is 0.0600. The van der Waals surface area contributed by atoms with Crippen LogP contribution in [0.25, 0.3) is 0 Å². The van der Waals surface area contributed by atoms with Crippen LogP contribution in [0.5, 0.6) is 5.75 Å². The number of hydrogen-bond acceptors (Lipinski definition) is 7. The van der Waals surface area contributed by atoms with E-state index in [2.05, 4.69) is 20.1 Å². The van der Waals surface area contributed by atoms with Crippen LogP contribution < -0.4 is 10.1 Å². The highest BCUT2D eigenvalue weighted by atomic mass is 35.5. The number of hydrogen-bond donors (Lipinski definition) is 1. The summed E-state index contributed by atoms with van der Waals surface area (Å²) in [5.74, 6) is 0.243. The van der Waals surface area contributed by atoms with Crippen molar-refractivity contribution in [1.82, 2.24) is 14.8 Å². The van der Waals surface area contributed by atoms with Gasteiger partial charge in [0.2, 0.25) is 5.95 Å². The van der Waals surface area contributed by atoms with E-state index in [0.29, 0.717) is 33.7 Å². The summed E-state index contributed by atoms with van der Waals surface area (Å²) in [6, 6.07) is 14.8. The Morgan fingerprint density at radius 3 is 2.62 bits per heavy atom. The largest absolute Gasteiger partial charge is 0.486 e. The molecule has 0 aliphatic carbocycles. The lowest BCUT2D eigenvalue weighted by Gasteiger charge is -2.05. The second-order valence-corrected chi connectivity index (χ2v) is 7.87. The molecule has 2 aromatic heterocycles. The predicted molar refractivity (Wildman–Crippen MR) is 124 cm³/mol. The normalized spacial score (nSPS) is 10.7. The highest BCUT2D eigenvalue weighted by molar-refractivity contribution is 6.35. The molecule has 0 atom stereocenters. The number of anilines is 1. The van der Waals surface area contributed by atoms with Crippen molar-refractivity contribution < 1.29 is 23.5 Å². The van der Waals surface area contributed by atoms with Gasteiger partial charge in [-0.25, -0.2) is 14.5 Å². The number of amides is 1. The van der Waals surface area contributed by atoms with Crippen molar-refractivity contribution in [2.45, 2.75) is 13.2 Å². The minimum absolute atomic E-state index is 0.0803. The van der Waals surface area contributed by atoms with E-state index in [4.69, 9.17) is 32.4 Å². The molecule has 1 amide bonds. The maximum atomic E-state index is 12.5. The van der Waals surface area contributed by atoms with Crippen LogP contribution in [0.2, 0.25) is 10.0 Å². The molecule has 0 aliphatic heterocycles. The van der Waals surface area contributed by atoms with E-state index in [0.717, 1.165) is 5.56 Å². The number of esters is 1. The SMILES string of the molecule is COC(=O)c1ccc(OCc2ccc(C(=O)Nc3ncn(Cc4ccc(Cl)cc4Cl)n3)o2)cc1. The van der Waals surface area contributed by atoms with Gasteiger partial charge in [-0.15, -0.1) is 5.10 Å². The fourth-order valence-corrected chi connectivity index (χ4v) is 3.42. The van der Waals surface area contributed by atoms with Crippen LogP contribution in [-0.2, 0) is 17.9 Å². The van der Waals surface area contributed by atoms with Crippen molar-refractivity contribution >= 4 is 41.0 Å². The number of carbonyl (C=O) groups excluding carboxylic acids is 2. The zero-order chi connectivity index (χ0) is 24.1. The Morgan fingerprint density at radius 1 is 1.09 bits per heavy atom. The lowest BCUT2D eigenvalue weighted by atomic mass is 10.2. The van der Waals surface area contributed by atoms with Gasteiger partial charge in [0, 0.05) is 10.0 Å². The van der Waals surface area contributed by atoms with Gasteiger partial charge < -0.3 is 13.9 Å². The highest BCUT2D eigenvalue weighted by Gasteiger charge is 2.15. The maximum absolute atomic E-state index is 12.5. The quantitative estimate of drug-likeness (QED) is 0.344. The first-order valence-electron chi connectivity index (χ1n) is 9.96. The molecule has 0 bridgehead atoms. The molecular formula is C23H18Cl2N4O5. The van der Waals surface area contributed by atoms with Gasteiger partial charge in [-0.1, -0.05) is 29.3 Å². The molecule has 0 radical (unpaired) electrons. The minimum Gasteiger partial charge on any atom is -0.486 e. The summed E-state index contributed by atoms with van der Waals surface area (Å²) in [6.45, 7) is 0.460. The zero-order valence-electron chi connectivity index (χ0n) is 17.8. The number of rotatable bonds is 8. The third-order valence-electron chi connectivity index (χ3n) is 4.65. The summed E-state index contributed by atoms with van der Waals surface area (Å²) in [5.41, 5.74) is 1.23. The Kier molecular flexibility index (Phi) is 7.15. The van der Waals surface area contributed by atoms with E-state index >= 15 is 0 Å². The molecular weight excluding hydrogens is 483 g/mol. The third kappa shape index (κ3) is 5.75. The fourth-order valence-electron chi connectivity index (χ4n) is 2.95. The van der Waals surface area contributed by atoms with Gasteiger partial charge in [-0.3, -0.25) is 10.1 Å². The van der Waals surface area contributed by atoms with Gasteiger partial charge in [-0.2, -0.15) is 0 Å². The van der Waals surface area contributed by atoms with Crippen LogP contribution in [-0.4, -0.2) is 33.8 Å². The third-order valence-corrected chi connectivity index (χ3v) is 5.24. The van der Waals surface area contributed by atoms with E-state index in [1.807, 2.05) is 0 Å². The summed E-state index contributed by atoms with van der Waals surface area (Å²) in [5, 5.41) is 7.86. The number of carbonyl (C=O) groups is 2. The second-order valence-electron chi connectivity index (χ2n) is 7.03. The average molecular weight is 501 g/mol. The number of benzene rings is 2. The molecule has 2 aromatic carbocycles. The van der Waals surface area contributed by atoms with Crippen molar-refractivity contribution in [3.63, 3.8) is 0 Å². The van der Waals surface area contributed by atoms with Crippen LogP contribution in [0.1, 0.15) is 32.2 Å². The molecule has 0 spiro atoms. The first-order valence-corrected chi connectivity index (χ1v) is 10.7. The molecule has 4 aromatic rings.